The lowest BCUT2D eigenvalue weighted by atomic mass is 10.1. The van der Waals surface area contributed by atoms with E-state index in [0.717, 1.165) is 16.0 Å². The van der Waals surface area contributed by atoms with E-state index in [1.807, 2.05) is 43.5 Å². The average Bonchev–Trinajstić information content (AvgIpc) is 3.07. The zero-order valence-corrected chi connectivity index (χ0v) is 14.9. The van der Waals surface area contributed by atoms with Crippen LogP contribution in [0, 0.1) is 13.8 Å². The Morgan fingerprint density at radius 2 is 1.96 bits per heavy atom. The molecule has 0 bridgehead atoms. The molecule has 0 aliphatic carbocycles. The summed E-state index contributed by atoms with van der Waals surface area (Å²) in [6.07, 6.45) is 0.772. The van der Waals surface area contributed by atoms with Gasteiger partial charge in [-0.15, -0.1) is 11.3 Å². The van der Waals surface area contributed by atoms with Crippen LogP contribution in [0.15, 0.2) is 35.7 Å². The molecule has 132 valence electrons. The van der Waals surface area contributed by atoms with Crippen molar-refractivity contribution in [3.63, 3.8) is 0 Å². The third-order valence-electron chi connectivity index (χ3n) is 3.40. The van der Waals surface area contributed by atoms with Gasteiger partial charge in [0.25, 0.3) is 5.91 Å². The number of esters is 1. The molecule has 1 heterocycles. The number of hydrogen-bond acceptors (Lipinski definition) is 5. The fourth-order valence-electron chi connectivity index (χ4n) is 2.17. The molecule has 2 aromatic rings. The highest BCUT2D eigenvalue weighted by Gasteiger charge is 2.12. The number of anilines is 1. The highest BCUT2D eigenvalue weighted by molar-refractivity contribution is 7.09. The molecule has 25 heavy (non-hydrogen) atoms. The first-order chi connectivity index (χ1) is 11.9. The van der Waals surface area contributed by atoms with Gasteiger partial charge in [-0.2, -0.15) is 0 Å². The van der Waals surface area contributed by atoms with Gasteiger partial charge in [-0.05, 0) is 43.3 Å². The number of rotatable bonds is 6. The van der Waals surface area contributed by atoms with Gasteiger partial charge in [0, 0.05) is 10.6 Å². The molecule has 0 atom stereocenters. The number of nitrogens with one attached hydrogen (secondary N) is 2. The van der Waals surface area contributed by atoms with Crippen molar-refractivity contribution in [3.05, 3.63) is 51.7 Å². The number of urea groups is 1. The third-order valence-corrected chi connectivity index (χ3v) is 4.34. The molecule has 2 N–H and O–H groups in total. The maximum Gasteiger partial charge on any atom is 0.325 e. The van der Waals surface area contributed by atoms with Crippen molar-refractivity contribution in [2.45, 2.75) is 26.7 Å². The van der Waals surface area contributed by atoms with Crippen LogP contribution in [-0.4, -0.2) is 24.5 Å². The molecule has 0 spiro atoms. The summed E-state index contributed by atoms with van der Waals surface area (Å²) in [4.78, 5) is 36.2. The number of ether oxygens (including phenoxy) is 1. The minimum atomic E-state index is -0.674. The normalized spacial score (nSPS) is 10.2. The van der Waals surface area contributed by atoms with E-state index in [9.17, 15) is 14.4 Å². The molecule has 2 rings (SSSR count). The molecule has 0 saturated heterocycles. The number of carbonyl (C=O) groups excluding carboxylic acids is 3. The van der Waals surface area contributed by atoms with Crippen molar-refractivity contribution < 1.29 is 19.1 Å². The summed E-state index contributed by atoms with van der Waals surface area (Å²) in [5, 5.41) is 6.65. The van der Waals surface area contributed by atoms with E-state index in [1.54, 1.807) is 17.4 Å². The molecule has 0 fully saturated rings. The highest BCUT2D eigenvalue weighted by Crippen LogP contribution is 2.15. The first-order valence-corrected chi connectivity index (χ1v) is 8.68. The average molecular weight is 360 g/mol. The van der Waals surface area contributed by atoms with Crippen LogP contribution in [-0.2, 0) is 20.7 Å². The second-order valence-corrected chi connectivity index (χ2v) is 6.59. The SMILES string of the molecule is Cc1ccc(NC(=O)NC(=O)COC(=O)CCc2cccs2)c(C)c1. The van der Waals surface area contributed by atoms with Gasteiger partial charge in [0.15, 0.2) is 6.61 Å². The van der Waals surface area contributed by atoms with Crippen LogP contribution >= 0.6 is 11.3 Å². The summed E-state index contributed by atoms with van der Waals surface area (Å²) < 4.78 is 4.87. The van der Waals surface area contributed by atoms with Crippen LogP contribution in [0.25, 0.3) is 0 Å². The fourth-order valence-corrected chi connectivity index (χ4v) is 2.88. The minimum absolute atomic E-state index is 0.197. The Hall–Kier alpha value is -2.67. The quantitative estimate of drug-likeness (QED) is 0.775. The lowest BCUT2D eigenvalue weighted by Crippen LogP contribution is -2.37. The topological polar surface area (TPSA) is 84.5 Å². The molecule has 1 aromatic heterocycles. The van der Waals surface area contributed by atoms with Crippen LogP contribution in [0.4, 0.5) is 10.5 Å². The molecular weight excluding hydrogens is 340 g/mol. The van der Waals surface area contributed by atoms with Gasteiger partial charge in [-0.3, -0.25) is 14.9 Å². The van der Waals surface area contributed by atoms with Crippen LogP contribution < -0.4 is 10.6 Å². The van der Waals surface area contributed by atoms with Crippen molar-refractivity contribution in [1.29, 1.82) is 0 Å². The number of benzene rings is 1. The molecule has 0 aliphatic heterocycles. The third kappa shape index (κ3) is 6.39. The van der Waals surface area contributed by atoms with E-state index in [1.165, 1.54) is 0 Å². The second kappa shape index (κ2) is 8.98. The van der Waals surface area contributed by atoms with Crippen LogP contribution in [0.5, 0.6) is 0 Å². The monoisotopic (exact) mass is 360 g/mol. The first kappa shape index (κ1) is 18.7. The minimum Gasteiger partial charge on any atom is -0.456 e. The van der Waals surface area contributed by atoms with Crippen molar-refractivity contribution >= 4 is 34.9 Å². The molecule has 6 nitrogen and oxygen atoms in total. The lowest BCUT2D eigenvalue weighted by Gasteiger charge is -2.10. The van der Waals surface area contributed by atoms with Crippen LogP contribution in [0.3, 0.4) is 0 Å². The van der Waals surface area contributed by atoms with Crippen molar-refractivity contribution in [2.24, 2.45) is 0 Å². The van der Waals surface area contributed by atoms with Gasteiger partial charge in [-0.25, -0.2) is 4.79 Å². The van der Waals surface area contributed by atoms with E-state index < -0.39 is 24.5 Å². The molecule has 0 unspecified atom stereocenters. The predicted octanol–water partition coefficient (Wildman–Crippen LogP) is 3.19. The summed E-state index contributed by atoms with van der Waals surface area (Å²) in [5.74, 6) is -1.15. The molecular formula is C18H20N2O4S. The van der Waals surface area contributed by atoms with Gasteiger partial charge < -0.3 is 10.1 Å². The number of aryl methyl sites for hydroxylation is 3. The van der Waals surface area contributed by atoms with Crippen LogP contribution in [0.2, 0.25) is 0 Å². The summed E-state index contributed by atoms with van der Waals surface area (Å²) in [6, 6.07) is 8.73. The number of carbonyl (C=O) groups is 3. The molecule has 7 heteroatoms. The molecule has 0 saturated carbocycles. The predicted molar refractivity (Wildman–Crippen MR) is 96.7 cm³/mol. The Morgan fingerprint density at radius 1 is 1.16 bits per heavy atom. The Balaban J connectivity index is 1.70. The smallest absolute Gasteiger partial charge is 0.325 e. The van der Waals surface area contributed by atoms with Gasteiger partial charge in [0.05, 0.1) is 6.42 Å². The first-order valence-electron chi connectivity index (χ1n) is 7.80. The largest absolute Gasteiger partial charge is 0.456 e. The summed E-state index contributed by atoms with van der Waals surface area (Å²) >= 11 is 1.56. The Labute approximate surface area is 150 Å². The van der Waals surface area contributed by atoms with Crippen molar-refractivity contribution in [3.8, 4) is 0 Å². The molecule has 0 aliphatic rings. The van der Waals surface area contributed by atoms with Gasteiger partial charge >= 0.3 is 12.0 Å². The van der Waals surface area contributed by atoms with Gasteiger partial charge in [-0.1, -0.05) is 23.8 Å². The van der Waals surface area contributed by atoms with Crippen molar-refractivity contribution in [1.82, 2.24) is 5.32 Å². The number of amides is 3. The number of thiophene rings is 1. The summed E-state index contributed by atoms with van der Waals surface area (Å²) in [5.41, 5.74) is 2.58. The van der Waals surface area contributed by atoms with E-state index in [0.29, 0.717) is 12.1 Å². The molecule has 3 amide bonds. The zero-order chi connectivity index (χ0) is 18.2. The number of imide groups is 1. The number of hydrogen-bond donors (Lipinski definition) is 2. The Bertz CT molecular complexity index is 756. The van der Waals surface area contributed by atoms with E-state index in [4.69, 9.17) is 4.74 Å². The van der Waals surface area contributed by atoms with E-state index >= 15 is 0 Å². The molecule has 0 radical (unpaired) electrons. The second-order valence-electron chi connectivity index (χ2n) is 5.56. The highest BCUT2D eigenvalue weighted by atomic mass is 32.1. The lowest BCUT2D eigenvalue weighted by molar-refractivity contribution is -0.148. The maximum absolute atomic E-state index is 11.8. The van der Waals surface area contributed by atoms with Crippen LogP contribution in [0.1, 0.15) is 22.4 Å². The van der Waals surface area contributed by atoms with Gasteiger partial charge in [0.1, 0.15) is 0 Å². The Morgan fingerprint density at radius 3 is 2.64 bits per heavy atom. The zero-order valence-electron chi connectivity index (χ0n) is 14.1. The molecule has 1 aromatic carbocycles. The van der Waals surface area contributed by atoms with E-state index in [2.05, 4.69) is 10.6 Å². The fraction of sp³-hybridized carbons (Fsp3) is 0.278. The summed E-state index contributed by atoms with van der Waals surface area (Å²) in [6.45, 7) is 3.33. The van der Waals surface area contributed by atoms with Gasteiger partial charge in [0.2, 0.25) is 0 Å². The Kier molecular flexibility index (Phi) is 6.71. The standard InChI is InChI=1S/C18H20N2O4S/c1-12-5-7-15(13(2)10-12)19-18(23)20-16(21)11-24-17(22)8-6-14-4-3-9-25-14/h3-5,7,9-10H,6,8,11H2,1-2H3,(H2,19,20,21,23). The maximum atomic E-state index is 11.8. The summed E-state index contributed by atoms with van der Waals surface area (Å²) in [7, 11) is 0. The van der Waals surface area contributed by atoms with Crippen molar-refractivity contribution in [2.75, 3.05) is 11.9 Å². The van der Waals surface area contributed by atoms with E-state index in [-0.39, 0.29) is 6.42 Å².